The molecular weight excluding hydrogens is 468 g/mol. The molecule has 0 bridgehead atoms. The summed E-state index contributed by atoms with van der Waals surface area (Å²) >= 11 is 0. The van der Waals surface area contributed by atoms with Gasteiger partial charge in [0.15, 0.2) is 16.6 Å². The van der Waals surface area contributed by atoms with Crippen molar-refractivity contribution >= 4 is 22.9 Å². The summed E-state index contributed by atoms with van der Waals surface area (Å²) in [5.74, 6) is 1.11. The summed E-state index contributed by atoms with van der Waals surface area (Å²) in [6, 6.07) is 0. The minimum atomic E-state index is -1.99. The van der Waals surface area contributed by atoms with Crippen LogP contribution < -0.4 is 0 Å². The van der Waals surface area contributed by atoms with E-state index in [2.05, 4.69) is 102 Å². The topological polar surface area (TPSA) is 44.8 Å². The third-order valence-corrected chi connectivity index (χ3v) is 17.9. The highest BCUT2D eigenvalue weighted by Crippen LogP contribution is 2.42. The molecule has 0 rings (SSSR count). The first-order valence-electron chi connectivity index (χ1n) is 13.6. The van der Waals surface area contributed by atoms with E-state index in [-0.39, 0.29) is 40.2 Å². The SMILES string of the molecule is COC(C)C(C)C(O[Si](C)(C)C(C)(C)C)C(C)CC(C)C(O[Si](C)(C)C(C)(C)C)C(C)/C=C\C=O. The van der Waals surface area contributed by atoms with Gasteiger partial charge in [-0.1, -0.05) is 75.3 Å². The van der Waals surface area contributed by atoms with Crippen LogP contribution in [0.5, 0.6) is 0 Å². The highest BCUT2D eigenvalue weighted by molar-refractivity contribution is 6.74. The molecule has 0 aromatic carbocycles. The standard InChI is InChI=1S/C29H60O4Si2/c1-21(18-17-19-30)26(32-34(13,14)28(6,7)8)22(2)20-23(3)27(24(4)25(5)31-12)33-35(15,16)29(9,10)11/h17-19,21-27H,20H2,1-16H3/b18-17-. The van der Waals surface area contributed by atoms with E-state index >= 15 is 0 Å². The maximum absolute atomic E-state index is 11.1. The molecule has 0 radical (unpaired) electrons. The maximum atomic E-state index is 11.1. The Balaban J connectivity index is 6.08. The molecule has 7 atom stereocenters. The van der Waals surface area contributed by atoms with Gasteiger partial charge in [-0.05, 0) is 73.4 Å². The smallest absolute Gasteiger partial charge is 0.192 e. The molecule has 0 aromatic heterocycles. The molecular formula is C29H60O4Si2. The van der Waals surface area contributed by atoms with E-state index in [9.17, 15) is 4.79 Å². The van der Waals surface area contributed by atoms with Crippen LogP contribution in [0.1, 0.15) is 82.6 Å². The molecule has 6 heteroatoms. The number of carbonyl (C=O) groups is 1. The van der Waals surface area contributed by atoms with Crippen LogP contribution in [-0.4, -0.2) is 48.3 Å². The van der Waals surface area contributed by atoms with Crippen molar-refractivity contribution in [2.45, 2.75) is 137 Å². The van der Waals surface area contributed by atoms with E-state index in [1.165, 1.54) is 0 Å². The molecule has 0 saturated carbocycles. The van der Waals surface area contributed by atoms with Gasteiger partial charge >= 0.3 is 0 Å². The van der Waals surface area contributed by atoms with Gasteiger partial charge in [0.25, 0.3) is 0 Å². The van der Waals surface area contributed by atoms with E-state index < -0.39 is 16.6 Å². The van der Waals surface area contributed by atoms with Crippen LogP contribution in [0.2, 0.25) is 36.3 Å². The summed E-state index contributed by atoms with van der Waals surface area (Å²) in [6.07, 6.45) is 5.78. The monoisotopic (exact) mass is 528 g/mol. The Kier molecular flexibility index (Phi) is 13.4. The summed E-state index contributed by atoms with van der Waals surface area (Å²) in [4.78, 5) is 11.1. The van der Waals surface area contributed by atoms with E-state index in [0.29, 0.717) is 11.8 Å². The van der Waals surface area contributed by atoms with Crippen molar-refractivity contribution < 1.29 is 18.4 Å². The molecule has 35 heavy (non-hydrogen) atoms. The minimum Gasteiger partial charge on any atom is -0.413 e. The minimum absolute atomic E-state index is 0.0539. The highest BCUT2D eigenvalue weighted by Gasteiger charge is 2.44. The van der Waals surface area contributed by atoms with Crippen LogP contribution in [0.25, 0.3) is 0 Å². The maximum Gasteiger partial charge on any atom is 0.192 e. The number of methoxy groups -OCH3 is 1. The average Bonchev–Trinajstić information content (AvgIpc) is 2.71. The van der Waals surface area contributed by atoms with Crippen LogP contribution in [0, 0.1) is 23.7 Å². The van der Waals surface area contributed by atoms with Gasteiger partial charge in [-0.25, -0.2) is 0 Å². The van der Waals surface area contributed by atoms with Gasteiger partial charge in [0, 0.05) is 13.0 Å². The van der Waals surface area contributed by atoms with Crippen LogP contribution in [-0.2, 0) is 18.4 Å². The van der Waals surface area contributed by atoms with Crippen molar-refractivity contribution in [2.75, 3.05) is 7.11 Å². The zero-order valence-corrected chi connectivity index (χ0v) is 28.1. The number of rotatable bonds is 14. The van der Waals surface area contributed by atoms with Crippen molar-refractivity contribution in [3.8, 4) is 0 Å². The van der Waals surface area contributed by atoms with Crippen LogP contribution in [0.3, 0.4) is 0 Å². The lowest BCUT2D eigenvalue weighted by Gasteiger charge is -2.45. The molecule has 0 heterocycles. The fourth-order valence-corrected chi connectivity index (χ4v) is 7.15. The van der Waals surface area contributed by atoms with Crippen molar-refractivity contribution in [1.82, 2.24) is 0 Å². The quantitative estimate of drug-likeness (QED) is 0.129. The predicted octanol–water partition coefficient (Wildman–Crippen LogP) is 8.49. The summed E-state index contributed by atoms with van der Waals surface area (Å²) < 4.78 is 19.8. The van der Waals surface area contributed by atoms with E-state index in [1.807, 2.05) is 6.08 Å². The first kappa shape index (κ1) is 34.7. The third-order valence-electron chi connectivity index (χ3n) is 8.98. The van der Waals surface area contributed by atoms with Crippen LogP contribution >= 0.6 is 0 Å². The van der Waals surface area contributed by atoms with Gasteiger partial charge < -0.3 is 13.6 Å². The molecule has 0 spiro atoms. The Bertz CT molecular complexity index is 661. The predicted molar refractivity (Wildman–Crippen MR) is 157 cm³/mol. The number of carbonyl (C=O) groups excluding carboxylic acids is 1. The molecule has 0 fully saturated rings. The van der Waals surface area contributed by atoms with Crippen molar-refractivity contribution in [1.29, 1.82) is 0 Å². The van der Waals surface area contributed by atoms with Crippen molar-refractivity contribution in [3.63, 3.8) is 0 Å². The molecule has 0 aliphatic heterocycles. The Morgan fingerprint density at radius 2 is 1.14 bits per heavy atom. The lowest BCUT2D eigenvalue weighted by atomic mass is 9.81. The molecule has 0 aromatic rings. The fraction of sp³-hybridized carbons (Fsp3) is 0.897. The van der Waals surface area contributed by atoms with Crippen molar-refractivity contribution in [3.05, 3.63) is 12.2 Å². The number of ether oxygens (including phenoxy) is 1. The zero-order chi connectivity index (χ0) is 28.0. The lowest BCUT2D eigenvalue weighted by molar-refractivity contribution is -0.104. The van der Waals surface area contributed by atoms with E-state index in [0.717, 1.165) is 12.7 Å². The van der Waals surface area contributed by atoms with Crippen LogP contribution in [0.15, 0.2) is 12.2 Å². The molecule has 7 unspecified atom stereocenters. The molecule has 0 aliphatic carbocycles. The summed E-state index contributed by atoms with van der Waals surface area (Å²) in [5.41, 5.74) is 0. The second-order valence-corrected chi connectivity index (χ2v) is 23.6. The van der Waals surface area contributed by atoms with Gasteiger partial charge in [0.1, 0.15) is 6.29 Å². The lowest BCUT2D eigenvalue weighted by Crippen LogP contribution is -2.50. The first-order valence-corrected chi connectivity index (χ1v) is 19.4. The number of hydrogen-bond acceptors (Lipinski definition) is 4. The summed E-state index contributed by atoms with van der Waals surface area (Å²) in [7, 11) is -2.16. The first-order chi connectivity index (χ1) is 15.6. The van der Waals surface area contributed by atoms with Crippen LogP contribution in [0.4, 0.5) is 0 Å². The van der Waals surface area contributed by atoms with Gasteiger partial charge in [0.2, 0.25) is 0 Å². The van der Waals surface area contributed by atoms with Crippen molar-refractivity contribution in [2.24, 2.45) is 23.7 Å². The number of allylic oxidation sites excluding steroid dienone is 1. The highest BCUT2D eigenvalue weighted by atomic mass is 28.4. The largest absolute Gasteiger partial charge is 0.413 e. The zero-order valence-electron chi connectivity index (χ0n) is 26.1. The molecule has 208 valence electrons. The van der Waals surface area contributed by atoms with Gasteiger partial charge in [0.05, 0.1) is 18.3 Å². The molecule has 0 aliphatic rings. The fourth-order valence-electron chi connectivity index (χ4n) is 4.18. The molecule has 0 N–H and O–H groups in total. The molecule has 4 nitrogen and oxygen atoms in total. The van der Waals surface area contributed by atoms with E-state index in [1.54, 1.807) is 13.2 Å². The molecule has 0 amide bonds. The van der Waals surface area contributed by atoms with E-state index in [4.69, 9.17) is 13.6 Å². The Morgan fingerprint density at radius 3 is 1.51 bits per heavy atom. The Hall–Kier alpha value is -0.276. The normalized spacial score (nSPS) is 20.2. The van der Waals surface area contributed by atoms with Gasteiger partial charge in [-0.15, -0.1) is 0 Å². The Labute approximate surface area is 221 Å². The van der Waals surface area contributed by atoms with Gasteiger partial charge in [-0.2, -0.15) is 0 Å². The Morgan fingerprint density at radius 1 is 0.743 bits per heavy atom. The third kappa shape index (κ3) is 10.2. The average molecular weight is 529 g/mol. The number of aldehydes is 1. The second kappa shape index (κ2) is 13.5. The summed E-state index contributed by atoms with van der Waals surface area (Å²) in [6.45, 7) is 34.3. The second-order valence-electron chi connectivity index (χ2n) is 14.1. The molecule has 0 saturated heterocycles. The number of hydrogen-bond donors (Lipinski definition) is 0. The summed E-state index contributed by atoms with van der Waals surface area (Å²) in [5, 5.41) is 0.274. The van der Waals surface area contributed by atoms with Gasteiger partial charge in [-0.3, -0.25) is 4.79 Å².